The summed E-state index contributed by atoms with van der Waals surface area (Å²) in [6.07, 6.45) is -2.18. The van der Waals surface area contributed by atoms with Gasteiger partial charge >= 0.3 is 12.1 Å². The minimum atomic E-state index is -4.62. The van der Waals surface area contributed by atoms with Gasteiger partial charge in [-0.25, -0.2) is 4.79 Å². The Kier molecular flexibility index (Phi) is 6.87. The molecule has 0 fully saturated rings. The van der Waals surface area contributed by atoms with Crippen molar-refractivity contribution >= 4 is 46.8 Å². The molecule has 0 atom stereocenters. The van der Waals surface area contributed by atoms with Crippen LogP contribution in [-0.4, -0.2) is 18.5 Å². The fourth-order valence-electron chi connectivity index (χ4n) is 1.99. The van der Waals surface area contributed by atoms with E-state index in [1.54, 1.807) is 12.1 Å². The lowest BCUT2D eigenvalue weighted by molar-refractivity contribution is -0.142. The van der Waals surface area contributed by atoms with Crippen molar-refractivity contribution in [3.05, 3.63) is 69.7 Å². The second-order valence-corrected chi connectivity index (χ2v) is 6.02. The Hall–Kier alpha value is -2.51. The predicted octanol–water partition coefficient (Wildman–Crippen LogP) is 5.21. The van der Waals surface area contributed by atoms with Gasteiger partial charge in [0.15, 0.2) is 6.61 Å². The van der Waals surface area contributed by atoms with Gasteiger partial charge in [0.2, 0.25) is 0 Å². The van der Waals surface area contributed by atoms with Crippen LogP contribution in [0.15, 0.2) is 48.5 Å². The molecule has 0 aliphatic heterocycles. The monoisotopic (exact) mass is 417 g/mol. The van der Waals surface area contributed by atoms with E-state index in [0.717, 1.165) is 18.2 Å². The first-order valence-electron chi connectivity index (χ1n) is 7.43. The van der Waals surface area contributed by atoms with Crippen molar-refractivity contribution in [3.63, 3.8) is 0 Å². The van der Waals surface area contributed by atoms with E-state index in [4.69, 9.17) is 27.9 Å². The van der Waals surface area contributed by atoms with E-state index in [1.165, 1.54) is 24.3 Å². The van der Waals surface area contributed by atoms with Crippen LogP contribution in [0, 0.1) is 0 Å². The minimum absolute atomic E-state index is 0.301. The second kappa shape index (κ2) is 8.92. The molecule has 0 aliphatic rings. The van der Waals surface area contributed by atoms with Crippen LogP contribution >= 0.6 is 23.2 Å². The SMILES string of the molecule is O=C(COC(=O)C=Cc1ccc(Cl)c(Cl)c1)Nc1ccccc1C(F)(F)F. The zero-order valence-electron chi connectivity index (χ0n) is 13.5. The number of esters is 1. The second-order valence-electron chi connectivity index (χ2n) is 5.21. The summed E-state index contributed by atoms with van der Waals surface area (Å²) in [7, 11) is 0. The summed E-state index contributed by atoms with van der Waals surface area (Å²) in [5.74, 6) is -1.75. The molecule has 1 amide bonds. The van der Waals surface area contributed by atoms with Crippen molar-refractivity contribution in [2.75, 3.05) is 11.9 Å². The number of halogens is 5. The maximum Gasteiger partial charge on any atom is 0.418 e. The first kappa shape index (κ1) is 20.8. The Morgan fingerprint density at radius 1 is 1.07 bits per heavy atom. The fourth-order valence-corrected chi connectivity index (χ4v) is 2.30. The van der Waals surface area contributed by atoms with Crippen molar-refractivity contribution in [1.29, 1.82) is 0 Å². The van der Waals surface area contributed by atoms with E-state index in [2.05, 4.69) is 5.32 Å². The maximum atomic E-state index is 12.9. The van der Waals surface area contributed by atoms with Crippen LogP contribution in [0.2, 0.25) is 10.0 Å². The van der Waals surface area contributed by atoms with Gasteiger partial charge in [0.1, 0.15) is 0 Å². The van der Waals surface area contributed by atoms with Gasteiger partial charge in [0.05, 0.1) is 21.3 Å². The molecule has 142 valence electrons. The number of alkyl halides is 3. The quantitative estimate of drug-likeness (QED) is 0.536. The van der Waals surface area contributed by atoms with Crippen molar-refractivity contribution in [3.8, 4) is 0 Å². The molecule has 2 aromatic carbocycles. The molecule has 4 nitrogen and oxygen atoms in total. The highest BCUT2D eigenvalue weighted by atomic mass is 35.5. The molecule has 0 spiro atoms. The number of amides is 1. The molecule has 0 bridgehead atoms. The normalized spacial score (nSPS) is 11.4. The molecule has 9 heteroatoms. The van der Waals surface area contributed by atoms with Crippen molar-refractivity contribution in [1.82, 2.24) is 0 Å². The van der Waals surface area contributed by atoms with Crippen LogP contribution in [0.25, 0.3) is 6.08 Å². The van der Waals surface area contributed by atoms with Crippen molar-refractivity contribution in [2.24, 2.45) is 0 Å². The van der Waals surface area contributed by atoms with Gasteiger partial charge in [-0.1, -0.05) is 41.4 Å². The first-order chi connectivity index (χ1) is 12.7. The zero-order valence-corrected chi connectivity index (χ0v) is 15.0. The largest absolute Gasteiger partial charge is 0.452 e. The summed E-state index contributed by atoms with van der Waals surface area (Å²) < 4.78 is 43.3. The number of carbonyl (C=O) groups is 2. The molecule has 2 rings (SSSR count). The molecule has 1 N–H and O–H groups in total. The van der Waals surface area contributed by atoms with E-state index in [0.29, 0.717) is 15.6 Å². The Morgan fingerprint density at radius 2 is 1.78 bits per heavy atom. The molecule has 0 saturated heterocycles. The summed E-state index contributed by atoms with van der Waals surface area (Å²) in [5.41, 5.74) is -0.841. The van der Waals surface area contributed by atoms with Gasteiger partial charge in [-0.2, -0.15) is 13.2 Å². The Morgan fingerprint density at radius 3 is 2.44 bits per heavy atom. The predicted molar refractivity (Wildman–Crippen MR) is 96.5 cm³/mol. The van der Waals surface area contributed by atoms with E-state index in [1.807, 2.05) is 0 Å². The molecule has 0 aromatic heterocycles. The Labute approximate surface area is 162 Å². The third-order valence-electron chi connectivity index (χ3n) is 3.21. The summed E-state index contributed by atoms with van der Waals surface area (Å²) in [4.78, 5) is 23.4. The molecule has 27 heavy (non-hydrogen) atoms. The number of carbonyl (C=O) groups excluding carboxylic acids is 2. The van der Waals surface area contributed by atoms with E-state index >= 15 is 0 Å². The van der Waals surface area contributed by atoms with Gasteiger partial charge in [-0.15, -0.1) is 0 Å². The van der Waals surface area contributed by atoms with Crippen LogP contribution < -0.4 is 5.32 Å². The van der Waals surface area contributed by atoms with Gasteiger partial charge in [-0.3, -0.25) is 4.79 Å². The number of hydrogen-bond donors (Lipinski definition) is 1. The van der Waals surface area contributed by atoms with Crippen LogP contribution in [0.1, 0.15) is 11.1 Å². The molecule has 0 unspecified atom stereocenters. The van der Waals surface area contributed by atoms with Crippen LogP contribution in [-0.2, 0) is 20.5 Å². The van der Waals surface area contributed by atoms with Gasteiger partial charge in [0, 0.05) is 6.08 Å². The third-order valence-corrected chi connectivity index (χ3v) is 3.95. The summed E-state index contributed by atoms with van der Waals surface area (Å²) >= 11 is 11.6. The average Bonchev–Trinajstić information content (AvgIpc) is 2.60. The lowest BCUT2D eigenvalue weighted by Gasteiger charge is -2.13. The standard InChI is InChI=1S/C18H12Cl2F3NO3/c19-13-7-5-11(9-14(13)20)6-8-17(26)27-10-16(25)24-15-4-2-1-3-12(15)18(21,22)23/h1-9H,10H2,(H,24,25). The first-order valence-corrected chi connectivity index (χ1v) is 8.18. The lowest BCUT2D eigenvalue weighted by Crippen LogP contribution is -2.22. The number of rotatable bonds is 5. The summed E-state index contributed by atoms with van der Waals surface area (Å²) in [6, 6.07) is 9.16. The average molecular weight is 418 g/mol. The highest BCUT2D eigenvalue weighted by molar-refractivity contribution is 6.42. The lowest BCUT2D eigenvalue weighted by atomic mass is 10.1. The van der Waals surface area contributed by atoms with Crippen molar-refractivity contribution < 1.29 is 27.5 Å². The summed E-state index contributed by atoms with van der Waals surface area (Å²) in [5, 5.41) is 2.72. The fraction of sp³-hybridized carbons (Fsp3) is 0.111. The number of ether oxygens (including phenoxy) is 1. The summed E-state index contributed by atoms with van der Waals surface area (Å²) in [6.45, 7) is -0.739. The van der Waals surface area contributed by atoms with Gasteiger partial charge in [-0.05, 0) is 35.9 Å². The Bertz CT molecular complexity index is 882. The smallest absolute Gasteiger partial charge is 0.418 e. The number of nitrogens with one attached hydrogen (secondary N) is 1. The maximum absolute atomic E-state index is 12.9. The Balaban J connectivity index is 1.91. The number of hydrogen-bond acceptors (Lipinski definition) is 3. The van der Waals surface area contributed by atoms with E-state index in [-0.39, 0.29) is 0 Å². The minimum Gasteiger partial charge on any atom is -0.452 e. The van der Waals surface area contributed by atoms with E-state index in [9.17, 15) is 22.8 Å². The molecule has 2 aromatic rings. The molecule has 0 aliphatic carbocycles. The molecule has 0 radical (unpaired) electrons. The van der Waals surface area contributed by atoms with Gasteiger partial charge < -0.3 is 10.1 Å². The topological polar surface area (TPSA) is 55.4 Å². The number of anilines is 1. The highest BCUT2D eigenvalue weighted by Crippen LogP contribution is 2.34. The van der Waals surface area contributed by atoms with Crippen LogP contribution in [0.3, 0.4) is 0 Å². The van der Waals surface area contributed by atoms with Crippen LogP contribution in [0.5, 0.6) is 0 Å². The van der Waals surface area contributed by atoms with Gasteiger partial charge in [0.25, 0.3) is 5.91 Å². The van der Waals surface area contributed by atoms with E-state index < -0.39 is 35.9 Å². The molecule has 0 saturated carbocycles. The van der Waals surface area contributed by atoms with Crippen LogP contribution in [0.4, 0.5) is 18.9 Å². The number of para-hydroxylation sites is 1. The molecular weight excluding hydrogens is 406 g/mol. The zero-order chi connectivity index (χ0) is 20.0. The highest BCUT2D eigenvalue weighted by Gasteiger charge is 2.33. The third kappa shape index (κ3) is 6.30. The number of benzene rings is 2. The molecular formula is C18H12Cl2F3NO3. The molecule has 0 heterocycles. The van der Waals surface area contributed by atoms with Crippen molar-refractivity contribution in [2.45, 2.75) is 6.18 Å².